The summed E-state index contributed by atoms with van der Waals surface area (Å²) in [7, 11) is 0. The summed E-state index contributed by atoms with van der Waals surface area (Å²) in [6.45, 7) is 10.7. The predicted octanol–water partition coefficient (Wildman–Crippen LogP) is 3.95. The van der Waals surface area contributed by atoms with Crippen LogP contribution in [0.25, 0.3) is 0 Å². The zero-order valence-electron chi connectivity index (χ0n) is 15.7. The van der Waals surface area contributed by atoms with Crippen LogP contribution in [-0.2, 0) is 18.5 Å². The second-order valence-electron chi connectivity index (χ2n) is 7.29. The van der Waals surface area contributed by atoms with Gasteiger partial charge in [0.05, 0.1) is 4.58 Å². The molecule has 0 spiro atoms. The Balaban J connectivity index is 2.09. The maximum absolute atomic E-state index is 12.8. The molecular formula is C19H24N2O3S2. The molecule has 1 atom stereocenters. The topological polar surface area (TPSA) is 64.2 Å². The van der Waals surface area contributed by atoms with Gasteiger partial charge in [0.25, 0.3) is 5.56 Å². The molecular weight excluding hydrogens is 368 g/mol. The number of rotatable bonds is 3. The van der Waals surface area contributed by atoms with E-state index in [1.807, 2.05) is 0 Å². The molecule has 1 aromatic carbocycles. The summed E-state index contributed by atoms with van der Waals surface area (Å²) in [6, 6.07) is 6.36. The summed E-state index contributed by atoms with van der Waals surface area (Å²) in [5.41, 5.74) is 0.732. The lowest BCUT2D eigenvalue weighted by Crippen LogP contribution is -2.41. The molecule has 0 amide bonds. The van der Waals surface area contributed by atoms with Gasteiger partial charge in [-0.2, -0.15) is 0 Å². The first kappa shape index (κ1) is 19.2. The van der Waals surface area contributed by atoms with Crippen molar-refractivity contribution in [1.82, 2.24) is 9.13 Å². The molecule has 1 unspecified atom stereocenters. The van der Waals surface area contributed by atoms with Crippen molar-refractivity contribution in [2.24, 2.45) is 0 Å². The SMILES string of the molecule is CCn1c(O)c(C2Sc3ccc(C(C)(C)C)cc3S2)c(=O)n(CC)c1=O. The number of fused-ring (bicyclic) bond motifs is 1. The average molecular weight is 393 g/mol. The zero-order valence-corrected chi connectivity index (χ0v) is 17.3. The van der Waals surface area contributed by atoms with E-state index in [0.717, 1.165) is 9.79 Å². The van der Waals surface area contributed by atoms with Crippen molar-refractivity contribution < 1.29 is 5.11 Å². The molecule has 0 fully saturated rings. The van der Waals surface area contributed by atoms with Gasteiger partial charge in [-0.05, 0) is 37.0 Å². The summed E-state index contributed by atoms with van der Waals surface area (Å²) in [4.78, 5) is 27.4. The summed E-state index contributed by atoms with van der Waals surface area (Å²) in [6.07, 6.45) is 0. The van der Waals surface area contributed by atoms with Crippen LogP contribution < -0.4 is 11.2 Å². The second kappa shape index (κ2) is 6.85. The minimum atomic E-state index is -0.457. The van der Waals surface area contributed by atoms with Crippen molar-refractivity contribution in [2.45, 2.75) is 67.5 Å². The van der Waals surface area contributed by atoms with Crippen LogP contribution in [-0.4, -0.2) is 14.2 Å². The number of hydrogen-bond acceptors (Lipinski definition) is 5. The lowest BCUT2D eigenvalue weighted by Gasteiger charge is -2.19. The number of aromatic hydroxyl groups is 1. The number of thioether (sulfide) groups is 2. The molecule has 5 nitrogen and oxygen atoms in total. The van der Waals surface area contributed by atoms with E-state index in [1.54, 1.807) is 37.4 Å². The lowest BCUT2D eigenvalue weighted by atomic mass is 9.87. The van der Waals surface area contributed by atoms with Gasteiger partial charge < -0.3 is 5.11 Å². The highest BCUT2D eigenvalue weighted by molar-refractivity contribution is 8.19. The molecule has 140 valence electrons. The van der Waals surface area contributed by atoms with Crippen LogP contribution in [0.3, 0.4) is 0 Å². The molecule has 26 heavy (non-hydrogen) atoms. The van der Waals surface area contributed by atoms with Crippen molar-refractivity contribution in [3.63, 3.8) is 0 Å². The van der Waals surface area contributed by atoms with Crippen molar-refractivity contribution in [3.8, 4) is 5.88 Å². The third-order valence-corrected chi connectivity index (χ3v) is 7.39. The Morgan fingerprint density at radius 3 is 2.23 bits per heavy atom. The molecule has 1 N–H and O–H groups in total. The highest BCUT2D eigenvalue weighted by Gasteiger charge is 2.32. The minimum absolute atomic E-state index is 0.0465. The first-order valence-electron chi connectivity index (χ1n) is 8.73. The predicted molar refractivity (Wildman–Crippen MR) is 108 cm³/mol. The fourth-order valence-electron chi connectivity index (χ4n) is 3.02. The highest BCUT2D eigenvalue weighted by Crippen LogP contribution is 2.57. The largest absolute Gasteiger partial charge is 0.494 e. The van der Waals surface area contributed by atoms with E-state index < -0.39 is 11.2 Å². The van der Waals surface area contributed by atoms with Crippen molar-refractivity contribution in [2.75, 3.05) is 0 Å². The van der Waals surface area contributed by atoms with Gasteiger partial charge in [-0.3, -0.25) is 13.9 Å². The van der Waals surface area contributed by atoms with Gasteiger partial charge in [0.15, 0.2) is 0 Å². The molecule has 0 radical (unpaired) electrons. The van der Waals surface area contributed by atoms with E-state index in [2.05, 4.69) is 39.0 Å². The summed E-state index contributed by atoms with van der Waals surface area (Å²) >= 11 is 3.12. The molecule has 1 aliphatic rings. The van der Waals surface area contributed by atoms with Gasteiger partial charge in [-0.25, -0.2) is 4.79 Å². The molecule has 2 aromatic rings. The Morgan fingerprint density at radius 2 is 1.65 bits per heavy atom. The molecule has 0 saturated heterocycles. The standard InChI is InChI=1S/C19H24N2O3S2/c1-6-20-15(22)14(16(23)21(7-2)18(20)24)17-25-12-9-8-11(19(3,4)5)10-13(12)26-17/h8-10,17,22H,6-7H2,1-5H3. The van der Waals surface area contributed by atoms with Crippen LogP contribution in [0, 0.1) is 0 Å². The fraction of sp³-hybridized carbons (Fsp3) is 0.474. The Kier molecular flexibility index (Phi) is 5.05. The van der Waals surface area contributed by atoms with Crippen LogP contribution in [0.2, 0.25) is 0 Å². The third-order valence-electron chi connectivity index (χ3n) is 4.58. The Hall–Kier alpha value is -1.60. The summed E-state index contributed by atoms with van der Waals surface area (Å²) < 4.78 is 2.21. The fourth-order valence-corrected chi connectivity index (χ4v) is 5.93. The van der Waals surface area contributed by atoms with Crippen LogP contribution >= 0.6 is 23.5 Å². The second-order valence-corrected chi connectivity index (χ2v) is 9.88. The van der Waals surface area contributed by atoms with Gasteiger partial charge in [0.2, 0.25) is 5.88 Å². The number of benzene rings is 1. The normalized spacial score (nSPS) is 16.7. The molecule has 0 aliphatic carbocycles. The van der Waals surface area contributed by atoms with E-state index in [0.29, 0.717) is 12.1 Å². The van der Waals surface area contributed by atoms with Crippen molar-refractivity contribution >= 4 is 23.5 Å². The Bertz CT molecular complexity index is 970. The van der Waals surface area contributed by atoms with Crippen LogP contribution in [0.4, 0.5) is 0 Å². The average Bonchev–Trinajstić information content (AvgIpc) is 2.97. The van der Waals surface area contributed by atoms with Crippen LogP contribution in [0.15, 0.2) is 37.6 Å². The lowest BCUT2D eigenvalue weighted by molar-refractivity contribution is 0.389. The van der Waals surface area contributed by atoms with E-state index >= 15 is 0 Å². The van der Waals surface area contributed by atoms with E-state index in [4.69, 9.17) is 0 Å². The Labute approximate surface area is 161 Å². The zero-order chi connectivity index (χ0) is 19.2. The molecule has 0 bridgehead atoms. The molecule has 7 heteroatoms. The quantitative estimate of drug-likeness (QED) is 0.857. The van der Waals surface area contributed by atoms with Gasteiger partial charge in [-0.15, -0.1) is 23.5 Å². The van der Waals surface area contributed by atoms with Crippen molar-refractivity contribution in [3.05, 3.63) is 50.2 Å². The summed E-state index contributed by atoms with van der Waals surface area (Å²) in [5, 5.41) is 10.6. The Morgan fingerprint density at radius 1 is 1.04 bits per heavy atom. The number of nitrogens with zero attached hydrogens (tertiary/aromatic N) is 2. The monoisotopic (exact) mass is 392 g/mol. The maximum atomic E-state index is 12.8. The first-order valence-corrected chi connectivity index (χ1v) is 10.5. The molecule has 1 aromatic heterocycles. The van der Waals surface area contributed by atoms with Crippen LogP contribution in [0.5, 0.6) is 5.88 Å². The smallest absolute Gasteiger partial charge is 0.333 e. The highest BCUT2D eigenvalue weighted by atomic mass is 32.2. The van der Waals surface area contributed by atoms with Gasteiger partial charge in [0, 0.05) is 22.9 Å². The third kappa shape index (κ3) is 3.11. The maximum Gasteiger partial charge on any atom is 0.333 e. The van der Waals surface area contributed by atoms with Gasteiger partial charge in [0.1, 0.15) is 5.56 Å². The minimum Gasteiger partial charge on any atom is -0.494 e. The van der Waals surface area contributed by atoms with Gasteiger partial charge >= 0.3 is 5.69 Å². The van der Waals surface area contributed by atoms with E-state index in [1.165, 1.54) is 14.7 Å². The summed E-state index contributed by atoms with van der Waals surface area (Å²) in [5.74, 6) is -0.207. The van der Waals surface area contributed by atoms with E-state index in [-0.39, 0.29) is 22.4 Å². The molecule has 3 rings (SSSR count). The molecule has 2 heterocycles. The first-order chi connectivity index (χ1) is 12.2. The van der Waals surface area contributed by atoms with Crippen molar-refractivity contribution in [1.29, 1.82) is 0 Å². The number of aromatic nitrogens is 2. The molecule has 0 saturated carbocycles. The van der Waals surface area contributed by atoms with E-state index in [9.17, 15) is 14.7 Å². The van der Waals surface area contributed by atoms with Crippen LogP contribution in [0.1, 0.15) is 50.3 Å². The number of hydrogen-bond donors (Lipinski definition) is 1. The van der Waals surface area contributed by atoms with Gasteiger partial charge in [-0.1, -0.05) is 26.8 Å². The molecule has 1 aliphatic heterocycles.